The molecule has 0 aliphatic carbocycles. The Morgan fingerprint density at radius 3 is 2.24 bits per heavy atom. The zero-order valence-corrected chi connectivity index (χ0v) is 21.3. The second kappa shape index (κ2) is 10.7. The van der Waals surface area contributed by atoms with Crippen molar-refractivity contribution in [2.75, 3.05) is 16.0 Å². The van der Waals surface area contributed by atoms with E-state index in [1.165, 1.54) is 24.2 Å². The number of amides is 2. The number of nitrogens with zero attached hydrogens (tertiary/aromatic N) is 3. The average molecular weight is 511 g/mol. The first-order chi connectivity index (χ1) is 18.0. The van der Waals surface area contributed by atoms with Gasteiger partial charge in [-0.15, -0.1) is 5.10 Å². The van der Waals surface area contributed by atoms with Crippen LogP contribution in [0.1, 0.15) is 31.0 Å². The molecule has 0 fully saturated rings. The Hall–Kier alpha value is -4.37. The number of hydrogen-bond acceptors (Lipinski definition) is 6. The molecule has 2 heterocycles. The summed E-state index contributed by atoms with van der Waals surface area (Å²) in [6.45, 7) is 3.34. The van der Waals surface area contributed by atoms with Gasteiger partial charge in [0.25, 0.3) is 5.91 Å². The van der Waals surface area contributed by atoms with Gasteiger partial charge in [-0.25, -0.2) is 4.68 Å². The largest absolute Gasteiger partial charge is 0.328 e. The maximum Gasteiger partial charge on any atom is 0.255 e. The van der Waals surface area contributed by atoms with Crippen LogP contribution in [0.4, 0.5) is 17.3 Å². The van der Waals surface area contributed by atoms with Crippen molar-refractivity contribution in [1.82, 2.24) is 14.8 Å². The molecule has 2 amide bonds. The highest BCUT2D eigenvalue weighted by Gasteiger charge is 2.34. The Balaban J connectivity index is 1.49. The van der Waals surface area contributed by atoms with E-state index in [4.69, 9.17) is 10.1 Å². The molecule has 1 unspecified atom stereocenters. The molecule has 0 radical (unpaired) electrons. The van der Waals surface area contributed by atoms with E-state index in [1.807, 2.05) is 79.7 Å². The van der Waals surface area contributed by atoms with Gasteiger partial charge in [-0.1, -0.05) is 72.4 Å². The third-order valence-electron chi connectivity index (χ3n) is 5.87. The van der Waals surface area contributed by atoms with E-state index in [-0.39, 0.29) is 11.8 Å². The van der Waals surface area contributed by atoms with Crippen molar-refractivity contribution < 1.29 is 9.59 Å². The van der Waals surface area contributed by atoms with Gasteiger partial charge in [0.1, 0.15) is 6.04 Å². The first-order valence-corrected chi connectivity index (χ1v) is 12.8. The fraction of sp³-hybridized carbons (Fsp3) is 0.143. The first-order valence-electron chi connectivity index (χ1n) is 11.8. The highest BCUT2D eigenvalue weighted by molar-refractivity contribution is 7.98. The van der Waals surface area contributed by atoms with Gasteiger partial charge < -0.3 is 16.0 Å². The zero-order valence-electron chi connectivity index (χ0n) is 20.4. The molecule has 0 bridgehead atoms. The molecule has 0 saturated heterocycles. The van der Waals surface area contributed by atoms with Crippen molar-refractivity contribution >= 4 is 40.9 Å². The number of carbonyl (C=O) groups is 2. The second-order valence-corrected chi connectivity index (χ2v) is 9.57. The van der Waals surface area contributed by atoms with Gasteiger partial charge in [-0.2, -0.15) is 4.98 Å². The minimum absolute atomic E-state index is 0.146. The first kappa shape index (κ1) is 24.3. The SMILES string of the molecule is CC(=O)Nc1ccc(C2C(C(=O)Nc3ccccc3)=C(C)Nc3nc(SCc4ccccc4)nn32)cc1. The summed E-state index contributed by atoms with van der Waals surface area (Å²) in [4.78, 5) is 29.8. The van der Waals surface area contributed by atoms with Crippen LogP contribution < -0.4 is 16.0 Å². The summed E-state index contributed by atoms with van der Waals surface area (Å²) in [7, 11) is 0. The van der Waals surface area contributed by atoms with Crippen LogP contribution in [-0.2, 0) is 15.3 Å². The summed E-state index contributed by atoms with van der Waals surface area (Å²) in [6.07, 6.45) is 0. The molecule has 3 N–H and O–H groups in total. The van der Waals surface area contributed by atoms with Crippen molar-refractivity contribution in [3.05, 3.63) is 107 Å². The van der Waals surface area contributed by atoms with Gasteiger partial charge >= 0.3 is 0 Å². The fourth-order valence-electron chi connectivity index (χ4n) is 4.19. The van der Waals surface area contributed by atoms with Crippen LogP contribution in [0, 0.1) is 0 Å². The van der Waals surface area contributed by atoms with Crippen molar-refractivity contribution in [3.8, 4) is 0 Å². The topological polar surface area (TPSA) is 101 Å². The van der Waals surface area contributed by atoms with E-state index in [9.17, 15) is 9.59 Å². The lowest BCUT2D eigenvalue weighted by Gasteiger charge is -2.28. The number of nitrogens with one attached hydrogen (secondary N) is 3. The summed E-state index contributed by atoms with van der Waals surface area (Å²) in [5, 5.41) is 14.5. The second-order valence-electron chi connectivity index (χ2n) is 8.63. The van der Waals surface area contributed by atoms with Gasteiger partial charge in [-0.05, 0) is 42.3 Å². The fourth-order valence-corrected chi connectivity index (χ4v) is 4.97. The Kier molecular flexibility index (Phi) is 7.04. The van der Waals surface area contributed by atoms with Crippen LogP contribution in [0.2, 0.25) is 0 Å². The number of allylic oxidation sites excluding steroid dienone is 1. The molecular weight excluding hydrogens is 484 g/mol. The van der Waals surface area contributed by atoms with Crippen LogP contribution in [0.25, 0.3) is 0 Å². The van der Waals surface area contributed by atoms with Gasteiger partial charge in [0, 0.05) is 29.7 Å². The number of carbonyl (C=O) groups excluding carboxylic acids is 2. The molecule has 186 valence electrons. The molecule has 37 heavy (non-hydrogen) atoms. The average Bonchev–Trinajstić information content (AvgIpc) is 3.30. The Morgan fingerprint density at radius 2 is 1.57 bits per heavy atom. The van der Waals surface area contributed by atoms with E-state index >= 15 is 0 Å². The highest BCUT2D eigenvalue weighted by atomic mass is 32.2. The van der Waals surface area contributed by atoms with Gasteiger partial charge in [0.2, 0.25) is 17.0 Å². The quantitative estimate of drug-likeness (QED) is 0.286. The lowest BCUT2D eigenvalue weighted by molar-refractivity contribution is -0.114. The van der Waals surface area contributed by atoms with Crippen LogP contribution in [0.5, 0.6) is 0 Å². The molecule has 1 aromatic heterocycles. The van der Waals surface area contributed by atoms with Crippen molar-refractivity contribution in [2.45, 2.75) is 30.8 Å². The predicted octanol–water partition coefficient (Wildman–Crippen LogP) is 5.46. The van der Waals surface area contributed by atoms with E-state index in [2.05, 4.69) is 28.1 Å². The minimum atomic E-state index is -0.509. The zero-order chi connectivity index (χ0) is 25.8. The monoisotopic (exact) mass is 510 g/mol. The Bertz CT molecular complexity index is 1450. The standard InChI is InChI=1S/C28H26N6O2S/c1-18-24(26(36)31-22-11-7-4-8-12-22)25(21-13-15-23(16-14-21)30-19(2)35)34-27(29-18)32-28(33-34)37-17-20-9-5-3-6-10-20/h3-16,25H,17H2,1-2H3,(H,30,35)(H,31,36)(H,29,32,33). The third-order valence-corrected chi connectivity index (χ3v) is 6.78. The van der Waals surface area contributed by atoms with Crippen molar-refractivity contribution in [3.63, 3.8) is 0 Å². The van der Waals surface area contributed by atoms with E-state index in [0.29, 0.717) is 33.7 Å². The molecule has 3 aromatic carbocycles. The number of benzene rings is 3. The number of hydrogen-bond donors (Lipinski definition) is 3. The van der Waals surface area contributed by atoms with Gasteiger partial charge in [0.05, 0.1) is 5.57 Å². The predicted molar refractivity (Wildman–Crippen MR) is 146 cm³/mol. The van der Waals surface area contributed by atoms with E-state index in [1.54, 1.807) is 4.68 Å². The number of rotatable bonds is 7. The normalized spacial score (nSPS) is 14.5. The van der Waals surface area contributed by atoms with Crippen molar-refractivity contribution in [1.29, 1.82) is 0 Å². The lowest BCUT2D eigenvalue weighted by atomic mass is 9.94. The number of thioether (sulfide) groups is 1. The summed E-state index contributed by atoms with van der Waals surface area (Å²) >= 11 is 1.54. The van der Waals surface area contributed by atoms with Gasteiger partial charge in [0.15, 0.2) is 0 Å². The Morgan fingerprint density at radius 1 is 0.919 bits per heavy atom. The maximum atomic E-state index is 13.6. The number of anilines is 3. The summed E-state index contributed by atoms with van der Waals surface area (Å²) in [6, 6.07) is 26.4. The van der Waals surface area contributed by atoms with Crippen LogP contribution in [0.3, 0.4) is 0 Å². The van der Waals surface area contributed by atoms with Gasteiger partial charge in [-0.3, -0.25) is 9.59 Å². The molecule has 0 saturated carbocycles. The summed E-state index contributed by atoms with van der Waals surface area (Å²) in [5.74, 6) is 0.924. The molecule has 1 aliphatic rings. The van der Waals surface area contributed by atoms with Crippen LogP contribution >= 0.6 is 11.8 Å². The third kappa shape index (κ3) is 5.57. The van der Waals surface area contributed by atoms with Crippen LogP contribution in [-0.4, -0.2) is 26.6 Å². The van der Waals surface area contributed by atoms with Crippen molar-refractivity contribution in [2.24, 2.45) is 0 Å². The molecule has 0 spiro atoms. The number of para-hydroxylation sites is 1. The summed E-state index contributed by atoms with van der Waals surface area (Å²) < 4.78 is 1.76. The minimum Gasteiger partial charge on any atom is -0.328 e. The Labute approximate surface area is 219 Å². The molecular formula is C28H26N6O2S. The van der Waals surface area contributed by atoms with E-state index in [0.717, 1.165) is 11.3 Å². The molecule has 9 heteroatoms. The number of fused-ring (bicyclic) bond motifs is 1. The molecule has 1 aliphatic heterocycles. The highest BCUT2D eigenvalue weighted by Crippen LogP contribution is 2.37. The van der Waals surface area contributed by atoms with E-state index < -0.39 is 6.04 Å². The number of aromatic nitrogens is 3. The maximum absolute atomic E-state index is 13.6. The van der Waals surface area contributed by atoms with Crippen LogP contribution in [0.15, 0.2) is 101 Å². The molecule has 8 nitrogen and oxygen atoms in total. The lowest BCUT2D eigenvalue weighted by Crippen LogP contribution is -2.31. The summed E-state index contributed by atoms with van der Waals surface area (Å²) in [5.41, 5.74) is 4.64. The molecule has 1 atom stereocenters. The molecule has 5 rings (SSSR count). The molecule has 4 aromatic rings. The smallest absolute Gasteiger partial charge is 0.255 e.